The van der Waals surface area contributed by atoms with Crippen molar-refractivity contribution in [2.24, 2.45) is 0 Å². The van der Waals surface area contributed by atoms with E-state index >= 15 is 0 Å². The minimum absolute atomic E-state index is 0.0211. The Morgan fingerprint density at radius 3 is 2.29 bits per heavy atom. The van der Waals surface area contributed by atoms with Crippen molar-refractivity contribution in [3.8, 4) is 5.75 Å². The van der Waals surface area contributed by atoms with E-state index in [0.717, 1.165) is 11.8 Å². The number of anilines is 1. The van der Waals surface area contributed by atoms with Gasteiger partial charge in [0, 0.05) is 42.5 Å². The van der Waals surface area contributed by atoms with Crippen LogP contribution in [0.1, 0.15) is 30.9 Å². The summed E-state index contributed by atoms with van der Waals surface area (Å²) in [5, 5.41) is 3.92. The monoisotopic (exact) mass is 653 g/mol. The average Bonchev–Trinajstić information content (AvgIpc) is 2.94. The van der Waals surface area contributed by atoms with Gasteiger partial charge >= 0.3 is 0 Å². The summed E-state index contributed by atoms with van der Waals surface area (Å²) in [4.78, 5) is 28.7. The largest absolute Gasteiger partial charge is 0.495 e. The molecule has 3 aromatic rings. The van der Waals surface area contributed by atoms with Gasteiger partial charge in [-0.3, -0.25) is 13.9 Å². The summed E-state index contributed by atoms with van der Waals surface area (Å²) in [7, 11) is -2.23. The molecule has 0 bridgehead atoms. The number of benzene rings is 3. The van der Waals surface area contributed by atoms with E-state index < -0.39 is 16.1 Å². The molecule has 42 heavy (non-hydrogen) atoms. The number of hydrogen-bond acceptors (Lipinski definition) is 5. The number of nitrogens with one attached hydrogen (secondary N) is 1. The zero-order valence-corrected chi connectivity index (χ0v) is 26.7. The van der Waals surface area contributed by atoms with Crippen LogP contribution in [0.15, 0.2) is 66.7 Å². The van der Waals surface area contributed by atoms with Crippen molar-refractivity contribution in [3.05, 3.63) is 92.9 Å². The molecule has 3 rings (SSSR count). The first-order valence-electron chi connectivity index (χ1n) is 13.3. The zero-order chi connectivity index (χ0) is 30.9. The Kier molecular flexibility index (Phi) is 12.4. The summed E-state index contributed by atoms with van der Waals surface area (Å²) < 4.78 is 31.7. The number of likely N-dealkylation sites (N-methyl/N-ethyl adjacent to an activating group) is 1. The molecule has 1 atom stereocenters. The van der Waals surface area contributed by atoms with Gasteiger partial charge in [0.2, 0.25) is 21.8 Å². The lowest BCUT2D eigenvalue weighted by Crippen LogP contribution is -2.50. The Morgan fingerprint density at radius 2 is 1.69 bits per heavy atom. The predicted octanol–water partition coefficient (Wildman–Crippen LogP) is 5.98. The first kappa shape index (κ1) is 33.5. The van der Waals surface area contributed by atoms with E-state index in [2.05, 4.69) is 5.32 Å². The molecule has 0 aromatic heterocycles. The Hall–Kier alpha value is -2.98. The maximum absolute atomic E-state index is 13.8. The van der Waals surface area contributed by atoms with E-state index in [0.29, 0.717) is 33.6 Å². The number of amides is 2. The lowest BCUT2D eigenvalue weighted by atomic mass is 10.0. The van der Waals surface area contributed by atoms with Gasteiger partial charge in [-0.25, -0.2) is 8.42 Å². The lowest BCUT2D eigenvalue weighted by Gasteiger charge is -2.32. The molecular weight excluding hydrogens is 621 g/mol. The molecule has 0 spiro atoms. The second-order valence-electron chi connectivity index (χ2n) is 9.62. The number of ether oxygens (including phenoxy) is 1. The third-order valence-electron chi connectivity index (χ3n) is 6.55. The van der Waals surface area contributed by atoms with E-state index in [1.54, 1.807) is 30.3 Å². The highest BCUT2D eigenvalue weighted by Crippen LogP contribution is 2.30. The van der Waals surface area contributed by atoms with E-state index in [1.165, 1.54) is 22.4 Å². The van der Waals surface area contributed by atoms with Gasteiger partial charge in [-0.05, 0) is 54.8 Å². The van der Waals surface area contributed by atoms with E-state index in [-0.39, 0.29) is 49.2 Å². The van der Waals surface area contributed by atoms with Crippen LogP contribution >= 0.6 is 34.8 Å². The average molecular weight is 655 g/mol. The minimum Gasteiger partial charge on any atom is -0.495 e. The van der Waals surface area contributed by atoms with Crippen molar-refractivity contribution in [1.29, 1.82) is 0 Å². The molecule has 1 unspecified atom stereocenters. The van der Waals surface area contributed by atoms with Crippen LogP contribution in [0.25, 0.3) is 0 Å². The molecule has 0 aliphatic carbocycles. The summed E-state index contributed by atoms with van der Waals surface area (Å²) in [6, 6.07) is 18.2. The number of rotatable bonds is 14. The Labute approximate surface area is 262 Å². The molecule has 3 aromatic carbocycles. The highest BCUT2D eigenvalue weighted by atomic mass is 35.5. The highest BCUT2D eigenvalue weighted by Gasteiger charge is 2.31. The van der Waals surface area contributed by atoms with Crippen LogP contribution < -0.4 is 14.4 Å². The molecule has 0 saturated heterocycles. The Bertz CT molecular complexity index is 1490. The topological polar surface area (TPSA) is 96.0 Å². The minimum atomic E-state index is -3.69. The summed E-state index contributed by atoms with van der Waals surface area (Å²) in [6.45, 7) is 2.28. The maximum atomic E-state index is 13.8. The second kappa shape index (κ2) is 15.5. The lowest BCUT2D eigenvalue weighted by molar-refractivity contribution is -0.141. The van der Waals surface area contributed by atoms with Crippen LogP contribution in [0, 0.1) is 0 Å². The smallest absolute Gasteiger partial charge is 0.243 e. The van der Waals surface area contributed by atoms with E-state index in [9.17, 15) is 18.0 Å². The van der Waals surface area contributed by atoms with Crippen LogP contribution in [0.3, 0.4) is 0 Å². The number of methoxy groups -OCH3 is 1. The first-order chi connectivity index (χ1) is 19.9. The Balaban J connectivity index is 1.89. The molecule has 12 heteroatoms. The molecule has 1 N–H and O–H groups in total. The van der Waals surface area contributed by atoms with Crippen molar-refractivity contribution in [2.75, 3.05) is 30.8 Å². The van der Waals surface area contributed by atoms with Crippen molar-refractivity contribution >= 4 is 62.3 Å². The molecule has 0 aliphatic heterocycles. The zero-order valence-electron chi connectivity index (χ0n) is 23.6. The first-order valence-corrected chi connectivity index (χ1v) is 16.3. The van der Waals surface area contributed by atoms with Crippen LogP contribution in [0.4, 0.5) is 5.69 Å². The molecule has 0 saturated carbocycles. The number of hydrogen-bond donors (Lipinski definition) is 1. The molecule has 0 fully saturated rings. The third kappa shape index (κ3) is 9.26. The van der Waals surface area contributed by atoms with Crippen LogP contribution in [0.5, 0.6) is 5.75 Å². The highest BCUT2D eigenvalue weighted by molar-refractivity contribution is 7.92. The SMILES string of the molecule is CCNC(=O)C(Cc1ccccc1)N(Cc1ccc(Cl)cc1Cl)C(=O)CCCN(c1ccc(OC)c(Cl)c1)S(C)(=O)=O. The third-order valence-corrected chi connectivity index (χ3v) is 8.63. The molecular formula is C30H34Cl3N3O5S. The fraction of sp³-hybridized carbons (Fsp3) is 0.333. The summed E-state index contributed by atoms with van der Waals surface area (Å²) in [6.07, 6.45) is 1.54. The van der Waals surface area contributed by atoms with Gasteiger partial charge in [0.15, 0.2) is 0 Å². The van der Waals surface area contributed by atoms with E-state index in [1.807, 2.05) is 37.3 Å². The fourth-order valence-electron chi connectivity index (χ4n) is 4.49. The summed E-state index contributed by atoms with van der Waals surface area (Å²) in [5.41, 5.74) is 1.86. The number of carbonyl (C=O) groups is 2. The number of carbonyl (C=O) groups excluding carboxylic acids is 2. The predicted molar refractivity (Wildman–Crippen MR) is 169 cm³/mol. The molecule has 2 amide bonds. The molecule has 8 nitrogen and oxygen atoms in total. The van der Waals surface area contributed by atoms with Gasteiger partial charge in [0.1, 0.15) is 11.8 Å². The number of nitrogens with zero attached hydrogens (tertiary/aromatic N) is 2. The fourth-order valence-corrected chi connectivity index (χ4v) is 6.17. The molecule has 226 valence electrons. The normalized spacial score (nSPS) is 12.0. The van der Waals surface area contributed by atoms with Crippen molar-refractivity contribution in [2.45, 2.75) is 38.8 Å². The van der Waals surface area contributed by atoms with Gasteiger partial charge in [0.05, 0.1) is 24.1 Å². The van der Waals surface area contributed by atoms with Crippen LogP contribution in [-0.2, 0) is 32.6 Å². The molecule has 0 radical (unpaired) electrons. The van der Waals surface area contributed by atoms with Gasteiger partial charge in [-0.2, -0.15) is 0 Å². The summed E-state index contributed by atoms with van der Waals surface area (Å²) in [5.74, 6) is -0.213. The quantitative estimate of drug-likeness (QED) is 0.231. The van der Waals surface area contributed by atoms with Crippen LogP contribution in [0.2, 0.25) is 15.1 Å². The van der Waals surface area contributed by atoms with Gasteiger partial charge < -0.3 is 15.0 Å². The van der Waals surface area contributed by atoms with Gasteiger partial charge in [0.25, 0.3) is 0 Å². The number of halogens is 3. The van der Waals surface area contributed by atoms with Gasteiger partial charge in [-0.15, -0.1) is 0 Å². The van der Waals surface area contributed by atoms with Crippen LogP contribution in [-0.4, -0.2) is 57.6 Å². The second-order valence-corrected chi connectivity index (χ2v) is 12.8. The van der Waals surface area contributed by atoms with Gasteiger partial charge in [-0.1, -0.05) is 71.2 Å². The summed E-state index contributed by atoms with van der Waals surface area (Å²) >= 11 is 18.8. The number of sulfonamides is 1. The van der Waals surface area contributed by atoms with Crippen molar-refractivity contribution in [1.82, 2.24) is 10.2 Å². The standard InChI is InChI=1S/C30H34Cl3N3O5S/c1-4-34-30(38)27(17-21-9-6-5-7-10-21)35(20-22-12-13-23(31)18-25(22)32)29(37)11-8-16-36(42(3,39)40)24-14-15-28(41-2)26(33)19-24/h5-7,9-10,12-15,18-19,27H,4,8,11,16-17,20H2,1-3H3,(H,34,38). The molecule has 0 heterocycles. The maximum Gasteiger partial charge on any atom is 0.243 e. The molecule has 0 aliphatic rings. The van der Waals surface area contributed by atoms with E-state index in [4.69, 9.17) is 39.5 Å². The van der Waals surface area contributed by atoms with Crippen molar-refractivity contribution < 1.29 is 22.7 Å². The van der Waals surface area contributed by atoms with Crippen molar-refractivity contribution in [3.63, 3.8) is 0 Å². The Morgan fingerprint density at radius 1 is 0.976 bits per heavy atom.